The number of hydrogen-bond acceptors (Lipinski definition) is 8. The third-order valence-corrected chi connectivity index (χ3v) is 8.09. The molecule has 0 bridgehead atoms. The summed E-state index contributed by atoms with van der Waals surface area (Å²) in [5.41, 5.74) is 1.87. The summed E-state index contributed by atoms with van der Waals surface area (Å²) in [4.78, 5) is 32.5. The molecule has 3 aromatic rings. The molecule has 8 nitrogen and oxygen atoms in total. The fraction of sp³-hybridized carbons (Fsp3) is 0.367. The van der Waals surface area contributed by atoms with Crippen LogP contribution >= 0.6 is 43.2 Å². The predicted molar refractivity (Wildman–Crippen MR) is 167 cm³/mol. The number of halogens is 2. The van der Waals surface area contributed by atoms with E-state index in [0.29, 0.717) is 43.4 Å². The minimum absolute atomic E-state index is 0.0627. The Bertz CT molecular complexity index is 1690. The monoisotopic (exact) mass is 706 g/mol. The number of methoxy groups -OCH3 is 1. The molecule has 4 rings (SSSR count). The molecular formula is C30H32Br2N2O6S. The number of rotatable bonds is 9. The van der Waals surface area contributed by atoms with Crippen LogP contribution in [0.5, 0.6) is 17.2 Å². The molecule has 218 valence electrons. The summed E-state index contributed by atoms with van der Waals surface area (Å²) >= 11 is 8.37. The molecule has 41 heavy (non-hydrogen) atoms. The van der Waals surface area contributed by atoms with Crippen LogP contribution in [-0.2, 0) is 9.53 Å². The van der Waals surface area contributed by atoms with Crippen molar-refractivity contribution in [1.29, 1.82) is 0 Å². The molecule has 1 aliphatic rings. The lowest BCUT2D eigenvalue weighted by Gasteiger charge is -2.25. The summed E-state index contributed by atoms with van der Waals surface area (Å²) < 4.78 is 26.6. The van der Waals surface area contributed by atoms with Crippen molar-refractivity contribution in [2.45, 2.75) is 59.8 Å². The van der Waals surface area contributed by atoms with E-state index < -0.39 is 12.0 Å². The van der Waals surface area contributed by atoms with Crippen molar-refractivity contribution in [3.8, 4) is 17.2 Å². The first-order chi connectivity index (χ1) is 19.4. The third kappa shape index (κ3) is 6.62. The van der Waals surface area contributed by atoms with Crippen molar-refractivity contribution in [1.82, 2.24) is 4.57 Å². The van der Waals surface area contributed by atoms with Gasteiger partial charge in [0.25, 0.3) is 5.56 Å². The first-order valence-corrected chi connectivity index (χ1v) is 15.5. The molecule has 0 radical (unpaired) electrons. The molecule has 0 unspecified atom stereocenters. The van der Waals surface area contributed by atoms with E-state index in [0.717, 1.165) is 14.5 Å². The molecule has 0 aliphatic carbocycles. The summed E-state index contributed by atoms with van der Waals surface area (Å²) in [5.74, 6) is 1.15. The van der Waals surface area contributed by atoms with Crippen LogP contribution in [0.15, 0.2) is 60.3 Å². The van der Waals surface area contributed by atoms with Gasteiger partial charge in [-0.3, -0.25) is 9.36 Å². The quantitative estimate of drug-likeness (QED) is 0.257. The fourth-order valence-electron chi connectivity index (χ4n) is 4.50. The minimum atomic E-state index is -0.782. The van der Waals surface area contributed by atoms with Crippen LogP contribution in [0.4, 0.5) is 0 Å². The number of allylic oxidation sites excluding steroid dienone is 1. The van der Waals surface area contributed by atoms with Gasteiger partial charge in [0, 0.05) is 10.0 Å². The van der Waals surface area contributed by atoms with E-state index in [1.54, 1.807) is 43.7 Å². The Labute approximate surface area is 259 Å². The largest absolute Gasteiger partial charge is 0.493 e. The second-order valence-electron chi connectivity index (χ2n) is 9.85. The van der Waals surface area contributed by atoms with Crippen molar-refractivity contribution in [3.05, 3.63) is 81.4 Å². The molecule has 0 amide bonds. The fourth-order valence-corrected chi connectivity index (χ4v) is 6.89. The molecule has 1 aliphatic heterocycles. The highest BCUT2D eigenvalue weighted by atomic mass is 79.9. The standard InChI is InChI=1S/C30H32Br2N2O6S/c1-8-38-29(36)25-17(6)33-30-34(26(25)18-9-10-22(39-15(2)3)23(12-18)37-7)28(35)24(41-30)13-19-11-20(31)14-21(32)27(19)40-16(4)5/h9-16,26H,8H2,1-7H3/b24-13+/t26-/m1/s1. The zero-order valence-corrected chi connectivity index (χ0v) is 27.9. The van der Waals surface area contributed by atoms with E-state index in [9.17, 15) is 9.59 Å². The number of esters is 1. The van der Waals surface area contributed by atoms with Gasteiger partial charge in [0.2, 0.25) is 0 Å². The van der Waals surface area contributed by atoms with E-state index in [-0.39, 0.29) is 24.4 Å². The predicted octanol–water partition coefficient (Wildman–Crippen LogP) is 5.91. The summed E-state index contributed by atoms with van der Waals surface area (Å²) in [5, 5.41) is 0. The van der Waals surface area contributed by atoms with Gasteiger partial charge in [0.15, 0.2) is 16.3 Å². The molecule has 1 aromatic heterocycles. The first kappa shape index (κ1) is 31.1. The van der Waals surface area contributed by atoms with Gasteiger partial charge in [-0.15, -0.1) is 0 Å². The molecule has 1 atom stereocenters. The van der Waals surface area contributed by atoms with E-state index >= 15 is 0 Å². The molecule has 0 saturated heterocycles. The van der Waals surface area contributed by atoms with E-state index in [2.05, 4.69) is 36.9 Å². The minimum Gasteiger partial charge on any atom is -0.493 e. The maximum Gasteiger partial charge on any atom is 0.338 e. The normalized spacial score (nSPS) is 15.2. The van der Waals surface area contributed by atoms with Crippen molar-refractivity contribution < 1.29 is 23.7 Å². The van der Waals surface area contributed by atoms with Crippen molar-refractivity contribution >= 4 is 55.2 Å². The molecule has 0 saturated carbocycles. The zero-order valence-electron chi connectivity index (χ0n) is 23.9. The SMILES string of the molecule is CCOC(=O)C1=C(C)N=c2s/c(=C/c3cc(Br)cc(Br)c3OC(C)C)c(=O)n2[C@@H]1c1ccc(OC(C)C)c(OC)c1. The van der Waals surface area contributed by atoms with Crippen LogP contribution in [0.25, 0.3) is 6.08 Å². The van der Waals surface area contributed by atoms with E-state index in [1.165, 1.54) is 11.3 Å². The number of benzene rings is 2. The number of nitrogens with zero attached hydrogens (tertiary/aromatic N) is 2. The maximum atomic E-state index is 14.1. The molecule has 2 aromatic carbocycles. The molecule has 0 N–H and O–H groups in total. The Morgan fingerprint density at radius 3 is 2.44 bits per heavy atom. The molecule has 11 heteroatoms. The van der Waals surface area contributed by atoms with Crippen LogP contribution in [0.1, 0.15) is 58.7 Å². The van der Waals surface area contributed by atoms with Crippen LogP contribution in [0.3, 0.4) is 0 Å². The zero-order chi connectivity index (χ0) is 30.0. The van der Waals surface area contributed by atoms with Crippen LogP contribution < -0.4 is 29.1 Å². The second-order valence-corrected chi connectivity index (χ2v) is 12.6. The number of aromatic nitrogens is 1. The molecule has 2 heterocycles. The van der Waals surface area contributed by atoms with Crippen molar-refractivity contribution in [3.63, 3.8) is 0 Å². The topological polar surface area (TPSA) is 88.4 Å². The van der Waals surface area contributed by atoms with Crippen molar-refractivity contribution in [2.75, 3.05) is 13.7 Å². The molecule has 0 spiro atoms. The Morgan fingerprint density at radius 1 is 1.10 bits per heavy atom. The van der Waals surface area contributed by atoms with Gasteiger partial charge in [-0.05, 0) is 93.4 Å². The van der Waals surface area contributed by atoms with E-state index in [1.807, 2.05) is 45.9 Å². The van der Waals surface area contributed by atoms with Gasteiger partial charge in [0.1, 0.15) is 5.75 Å². The summed E-state index contributed by atoms with van der Waals surface area (Å²) in [6.45, 7) is 11.4. The Hall–Kier alpha value is -2.89. The average molecular weight is 708 g/mol. The average Bonchev–Trinajstić information content (AvgIpc) is 3.19. The molecule has 0 fully saturated rings. The summed E-state index contributed by atoms with van der Waals surface area (Å²) in [7, 11) is 1.55. The van der Waals surface area contributed by atoms with Crippen molar-refractivity contribution in [2.24, 2.45) is 4.99 Å². The Balaban J connectivity index is 1.97. The summed E-state index contributed by atoms with van der Waals surface area (Å²) in [6, 6.07) is 8.42. The van der Waals surface area contributed by atoms with Gasteiger partial charge < -0.3 is 18.9 Å². The molecular weight excluding hydrogens is 676 g/mol. The highest BCUT2D eigenvalue weighted by Gasteiger charge is 2.34. The van der Waals surface area contributed by atoms with Gasteiger partial charge in [-0.2, -0.15) is 0 Å². The number of fused-ring (bicyclic) bond motifs is 1. The van der Waals surface area contributed by atoms with Gasteiger partial charge in [0.05, 0.1) is 52.2 Å². The second kappa shape index (κ2) is 13.0. The maximum absolute atomic E-state index is 14.1. The van der Waals surface area contributed by atoms with Gasteiger partial charge in [-0.1, -0.05) is 33.3 Å². The van der Waals surface area contributed by atoms with Gasteiger partial charge in [-0.25, -0.2) is 9.79 Å². The third-order valence-electron chi connectivity index (χ3n) is 6.06. The Morgan fingerprint density at radius 2 is 1.80 bits per heavy atom. The van der Waals surface area contributed by atoms with Crippen LogP contribution in [0.2, 0.25) is 0 Å². The van der Waals surface area contributed by atoms with Crippen LogP contribution in [-0.4, -0.2) is 36.5 Å². The lowest BCUT2D eigenvalue weighted by Crippen LogP contribution is -2.40. The van der Waals surface area contributed by atoms with Gasteiger partial charge >= 0.3 is 5.97 Å². The first-order valence-electron chi connectivity index (χ1n) is 13.1. The van der Waals surface area contributed by atoms with Crippen LogP contribution in [0, 0.1) is 0 Å². The number of hydrogen-bond donors (Lipinski definition) is 0. The lowest BCUT2D eigenvalue weighted by atomic mass is 9.95. The smallest absolute Gasteiger partial charge is 0.338 e. The number of carbonyl (C=O) groups excluding carboxylic acids is 1. The highest BCUT2D eigenvalue weighted by Crippen LogP contribution is 2.37. The number of thiazole rings is 1. The summed E-state index contributed by atoms with van der Waals surface area (Å²) in [6.07, 6.45) is 1.65. The number of ether oxygens (including phenoxy) is 4. The van der Waals surface area contributed by atoms with E-state index in [4.69, 9.17) is 18.9 Å². The number of carbonyl (C=O) groups is 1. The lowest BCUT2D eigenvalue weighted by molar-refractivity contribution is -0.139. The Kier molecular flexibility index (Phi) is 9.81. The highest BCUT2D eigenvalue weighted by molar-refractivity contribution is 9.11.